The van der Waals surface area contributed by atoms with Gasteiger partial charge >= 0.3 is 23.5 Å². The van der Waals surface area contributed by atoms with E-state index in [4.69, 9.17) is 4.55 Å². The molecule has 0 aliphatic rings. The van der Waals surface area contributed by atoms with Gasteiger partial charge in [-0.1, -0.05) is 0 Å². The van der Waals surface area contributed by atoms with Crippen LogP contribution in [0.1, 0.15) is 18.1 Å². The number of carbonyl (C=O) groups is 1. The summed E-state index contributed by atoms with van der Waals surface area (Å²) in [5.41, 5.74) is -1.63. The SMILES string of the molecule is CC(=O)OCCc1cc(F)c(OS(=O)O)c(C(F)(F)F)c1. The van der Waals surface area contributed by atoms with E-state index < -0.39 is 40.6 Å². The first-order chi connectivity index (χ1) is 9.61. The molecule has 21 heavy (non-hydrogen) atoms. The Kier molecular flexibility index (Phi) is 5.67. The number of hydrogen-bond acceptors (Lipinski definition) is 4. The molecule has 1 N–H and O–H groups in total. The molecule has 0 aliphatic heterocycles. The minimum absolute atomic E-state index is 0.0999. The van der Waals surface area contributed by atoms with Crippen molar-refractivity contribution in [3.63, 3.8) is 0 Å². The van der Waals surface area contributed by atoms with Crippen LogP contribution < -0.4 is 4.18 Å². The Morgan fingerprint density at radius 2 is 2.00 bits per heavy atom. The van der Waals surface area contributed by atoms with Gasteiger partial charge in [-0.2, -0.15) is 17.4 Å². The van der Waals surface area contributed by atoms with Gasteiger partial charge < -0.3 is 8.92 Å². The molecule has 1 rings (SSSR count). The summed E-state index contributed by atoms with van der Waals surface area (Å²) in [7, 11) is 0. The van der Waals surface area contributed by atoms with Crippen molar-refractivity contribution in [1.82, 2.24) is 0 Å². The zero-order valence-corrected chi connectivity index (χ0v) is 11.4. The molecular formula is C11H10F4O5S. The number of hydrogen-bond donors (Lipinski definition) is 1. The summed E-state index contributed by atoms with van der Waals surface area (Å²) in [4.78, 5) is 10.5. The monoisotopic (exact) mass is 330 g/mol. The molecule has 0 amide bonds. The molecule has 1 atom stereocenters. The number of alkyl halides is 3. The third-order valence-electron chi connectivity index (χ3n) is 2.26. The molecule has 1 aromatic rings. The fraction of sp³-hybridized carbons (Fsp3) is 0.364. The molecule has 0 aromatic heterocycles. The molecule has 10 heteroatoms. The molecule has 0 radical (unpaired) electrons. The van der Waals surface area contributed by atoms with E-state index in [9.17, 15) is 26.6 Å². The van der Waals surface area contributed by atoms with Crippen LogP contribution in [0.4, 0.5) is 17.6 Å². The lowest BCUT2D eigenvalue weighted by atomic mass is 10.1. The zero-order valence-electron chi connectivity index (χ0n) is 10.6. The number of rotatable bonds is 5. The van der Waals surface area contributed by atoms with Crippen LogP contribution in [0.15, 0.2) is 12.1 Å². The molecule has 0 saturated heterocycles. The predicted octanol–water partition coefficient (Wildman–Crippen LogP) is 2.47. The van der Waals surface area contributed by atoms with Gasteiger partial charge in [-0.25, -0.2) is 4.39 Å². The van der Waals surface area contributed by atoms with Gasteiger partial charge in [-0.3, -0.25) is 9.35 Å². The van der Waals surface area contributed by atoms with E-state index in [0.717, 1.165) is 6.92 Å². The Morgan fingerprint density at radius 3 is 2.48 bits per heavy atom. The third-order valence-corrected chi connectivity index (χ3v) is 2.57. The highest BCUT2D eigenvalue weighted by atomic mass is 32.2. The van der Waals surface area contributed by atoms with Gasteiger partial charge in [0.05, 0.1) is 6.61 Å². The van der Waals surface area contributed by atoms with Crippen LogP contribution in [0.2, 0.25) is 0 Å². The molecule has 0 saturated carbocycles. The Bertz CT molecular complexity index is 558. The molecule has 1 aromatic carbocycles. The Hall–Kier alpha value is -1.68. The van der Waals surface area contributed by atoms with E-state index in [1.165, 1.54) is 0 Å². The number of benzene rings is 1. The van der Waals surface area contributed by atoms with E-state index >= 15 is 0 Å². The average Bonchev–Trinajstić information content (AvgIpc) is 2.29. The maximum Gasteiger partial charge on any atom is 0.420 e. The first-order valence-electron chi connectivity index (χ1n) is 5.43. The lowest BCUT2D eigenvalue weighted by Gasteiger charge is -2.14. The van der Waals surface area contributed by atoms with Crippen LogP contribution in [0.3, 0.4) is 0 Å². The summed E-state index contributed by atoms with van der Waals surface area (Å²) < 4.78 is 79.4. The zero-order chi connectivity index (χ0) is 16.2. The molecule has 118 valence electrons. The first kappa shape index (κ1) is 17.4. The second-order valence-corrected chi connectivity index (χ2v) is 4.44. The lowest BCUT2D eigenvalue weighted by molar-refractivity contribution is -0.141. The molecule has 0 aliphatic carbocycles. The average molecular weight is 330 g/mol. The summed E-state index contributed by atoms with van der Waals surface area (Å²) in [5, 5.41) is 0. The van der Waals surface area contributed by atoms with Gasteiger partial charge in [0.15, 0.2) is 11.6 Å². The van der Waals surface area contributed by atoms with Gasteiger partial charge in [-0.15, -0.1) is 0 Å². The summed E-state index contributed by atoms with van der Waals surface area (Å²) in [6.07, 6.45) is -5.13. The molecule has 5 nitrogen and oxygen atoms in total. The van der Waals surface area contributed by atoms with Crippen LogP contribution in [0.5, 0.6) is 5.75 Å². The standard InChI is InChI=1S/C11H10F4O5S/c1-6(16)19-3-2-7-4-8(11(13,14)15)10(9(12)5-7)20-21(17)18/h4-5H,2-3H2,1H3,(H,17,18). The van der Waals surface area contributed by atoms with Crippen molar-refractivity contribution in [2.75, 3.05) is 6.61 Å². The number of carbonyl (C=O) groups excluding carboxylic acids is 1. The van der Waals surface area contributed by atoms with Gasteiger partial charge in [0.2, 0.25) is 0 Å². The third kappa shape index (κ3) is 5.31. The van der Waals surface area contributed by atoms with Crippen molar-refractivity contribution >= 4 is 17.3 Å². The minimum atomic E-state index is -4.98. The molecule has 0 bridgehead atoms. The minimum Gasteiger partial charge on any atom is -0.466 e. The Labute approximate surface area is 119 Å². The van der Waals surface area contributed by atoms with Crippen molar-refractivity contribution < 1.29 is 40.0 Å². The topological polar surface area (TPSA) is 72.8 Å². The van der Waals surface area contributed by atoms with Gasteiger partial charge in [0, 0.05) is 13.3 Å². The van der Waals surface area contributed by atoms with Crippen molar-refractivity contribution in [3.8, 4) is 5.75 Å². The van der Waals surface area contributed by atoms with Crippen molar-refractivity contribution in [2.45, 2.75) is 19.5 Å². The van der Waals surface area contributed by atoms with Crippen molar-refractivity contribution in [2.24, 2.45) is 0 Å². The Morgan fingerprint density at radius 1 is 1.38 bits per heavy atom. The summed E-state index contributed by atoms with van der Waals surface area (Å²) >= 11 is -3.10. The van der Waals surface area contributed by atoms with E-state index in [0.29, 0.717) is 12.1 Å². The maximum atomic E-state index is 13.6. The summed E-state index contributed by atoms with van der Waals surface area (Å²) in [6, 6.07) is 1.27. The van der Waals surface area contributed by atoms with Crippen LogP contribution in [-0.4, -0.2) is 21.3 Å². The fourth-order valence-corrected chi connectivity index (χ4v) is 1.79. The van der Waals surface area contributed by atoms with E-state index in [1.807, 2.05) is 0 Å². The van der Waals surface area contributed by atoms with Crippen LogP contribution in [0.25, 0.3) is 0 Å². The van der Waals surface area contributed by atoms with Gasteiger partial charge in [0.25, 0.3) is 0 Å². The second kappa shape index (κ2) is 6.85. The Balaban J connectivity index is 3.13. The van der Waals surface area contributed by atoms with E-state index in [1.54, 1.807) is 0 Å². The summed E-state index contributed by atoms with van der Waals surface area (Å²) in [6.45, 7) is 0.896. The number of esters is 1. The van der Waals surface area contributed by atoms with E-state index in [-0.39, 0.29) is 18.6 Å². The summed E-state index contributed by atoms with van der Waals surface area (Å²) in [5.74, 6) is -3.42. The van der Waals surface area contributed by atoms with Gasteiger partial charge in [-0.05, 0) is 17.7 Å². The lowest BCUT2D eigenvalue weighted by Crippen LogP contribution is -2.13. The molecular weight excluding hydrogens is 320 g/mol. The first-order valence-corrected chi connectivity index (χ1v) is 6.46. The van der Waals surface area contributed by atoms with Crippen LogP contribution >= 0.6 is 0 Å². The van der Waals surface area contributed by atoms with Crippen LogP contribution in [-0.2, 0) is 33.5 Å². The smallest absolute Gasteiger partial charge is 0.420 e. The molecule has 0 spiro atoms. The largest absolute Gasteiger partial charge is 0.466 e. The number of ether oxygens (including phenoxy) is 1. The maximum absolute atomic E-state index is 13.6. The highest BCUT2D eigenvalue weighted by Gasteiger charge is 2.37. The normalized spacial score (nSPS) is 12.9. The molecule has 1 unspecified atom stereocenters. The predicted molar refractivity (Wildman–Crippen MR) is 63.1 cm³/mol. The van der Waals surface area contributed by atoms with Gasteiger partial charge in [0.1, 0.15) is 5.56 Å². The second-order valence-electron chi connectivity index (χ2n) is 3.84. The fourth-order valence-electron chi connectivity index (χ4n) is 1.47. The molecule has 0 fully saturated rings. The van der Waals surface area contributed by atoms with Crippen LogP contribution in [0, 0.1) is 5.82 Å². The highest BCUT2D eigenvalue weighted by molar-refractivity contribution is 7.74. The van der Waals surface area contributed by atoms with Crippen molar-refractivity contribution in [1.29, 1.82) is 0 Å². The molecule has 0 heterocycles. The highest BCUT2D eigenvalue weighted by Crippen LogP contribution is 2.39. The quantitative estimate of drug-likeness (QED) is 0.510. The van der Waals surface area contributed by atoms with Crippen molar-refractivity contribution in [3.05, 3.63) is 29.1 Å². The number of halogens is 4. The van der Waals surface area contributed by atoms with E-state index in [2.05, 4.69) is 8.92 Å².